The van der Waals surface area contributed by atoms with E-state index in [1.807, 2.05) is 26.0 Å². The zero-order valence-corrected chi connectivity index (χ0v) is 9.93. The van der Waals surface area contributed by atoms with Crippen molar-refractivity contribution < 1.29 is 9.15 Å². The molecule has 0 aliphatic rings. The van der Waals surface area contributed by atoms with Crippen LogP contribution in [0, 0.1) is 18.7 Å². The molecule has 0 bridgehead atoms. The van der Waals surface area contributed by atoms with Crippen LogP contribution in [0.3, 0.4) is 0 Å². The van der Waals surface area contributed by atoms with Crippen LogP contribution in [0.5, 0.6) is 5.75 Å². The zero-order valence-electron chi connectivity index (χ0n) is 9.11. The van der Waals surface area contributed by atoms with Crippen molar-refractivity contribution in [2.75, 3.05) is 0 Å². The number of H-pyrrole nitrogens is 1. The molecule has 0 saturated carbocycles. The average molecular weight is 236 g/mol. The number of aromatic amines is 1. The summed E-state index contributed by atoms with van der Waals surface area (Å²) in [6, 6.07) is 6.00. The fraction of sp³-hybridized carbons (Fsp3) is 0.273. The van der Waals surface area contributed by atoms with E-state index in [9.17, 15) is 0 Å². The number of hydrogen-bond donors (Lipinski definition) is 1. The van der Waals surface area contributed by atoms with Gasteiger partial charge >= 0.3 is 0 Å². The molecular weight excluding hydrogens is 224 g/mol. The summed E-state index contributed by atoms with van der Waals surface area (Å²) in [5.74, 6) is 1.28. The maximum atomic E-state index is 5.57. The minimum Gasteiger partial charge on any atom is -0.484 e. The average Bonchev–Trinajstić information content (AvgIpc) is 2.63. The highest BCUT2D eigenvalue weighted by Crippen LogP contribution is 2.19. The molecule has 0 saturated heterocycles. The van der Waals surface area contributed by atoms with Gasteiger partial charge in [0.1, 0.15) is 5.75 Å². The summed E-state index contributed by atoms with van der Waals surface area (Å²) in [5, 5.41) is 6.40. The van der Waals surface area contributed by atoms with Gasteiger partial charge < -0.3 is 9.15 Å². The minimum atomic E-state index is 0.263. The van der Waals surface area contributed by atoms with Crippen molar-refractivity contribution >= 4 is 12.2 Å². The number of nitrogens with zero attached hydrogens (tertiary/aromatic N) is 1. The minimum absolute atomic E-state index is 0.263. The number of benzene rings is 1. The van der Waals surface area contributed by atoms with Gasteiger partial charge in [0.2, 0.25) is 0 Å². The molecule has 16 heavy (non-hydrogen) atoms. The number of aromatic nitrogens is 2. The predicted octanol–water partition coefficient (Wildman–Crippen LogP) is 2.93. The van der Waals surface area contributed by atoms with Crippen LogP contribution in [-0.4, -0.2) is 10.2 Å². The quantitative estimate of drug-likeness (QED) is 0.832. The molecular formula is C11H12N2O2S. The smallest absolute Gasteiger partial charge is 0.284 e. The van der Waals surface area contributed by atoms with Gasteiger partial charge in [-0.1, -0.05) is 17.7 Å². The maximum absolute atomic E-state index is 5.57. The van der Waals surface area contributed by atoms with Gasteiger partial charge in [-0.2, -0.15) is 0 Å². The second kappa shape index (κ2) is 4.49. The molecule has 0 spiro atoms. The summed E-state index contributed by atoms with van der Waals surface area (Å²) in [4.78, 5) is 0.263. The molecule has 0 aliphatic heterocycles. The van der Waals surface area contributed by atoms with E-state index in [1.54, 1.807) is 0 Å². The van der Waals surface area contributed by atoms with E-state index in [-0.39, 0.29) is 11.4 Å². The molecule has 2 rings (SSSR count). The summed E-state index contributed by atoms with van der Waals surface area (Å²) in [6.07, 6.45) is 0. The van der Waals surface area contributed by atoms with Crippen molar-refractivity contribution in [2.45, 2.75) is 20.5 Å². The van der Waals surface area contributed by atoms with Gasteiger partial charge in [-0.3, -0.25) is 0 Å². The fourth-order valence-electron chi connectivity index (χ4n) is 1.42. The van der Waals surface area contributed by atoms with Crippen LogP contribution in [-0.2, 0) is 6.61 Å². The molecule has 0 radical (unpaired) electrons. The Balaban J connectivity index is 2.07. The standard InChI is InChI=1S/C11H12N2O2S/c1-7-3-4-9(8(2)5-7)14-6-10-12-13-11(16)15-10/h3-5H,6H2,1-2H3,(H,13,16). The highest BCUT2D eigenvalue weighted by atomic mass is 32.1. The normalized spacial score (nSPS) is 10.4. The third kappa shape index (κ3) is 2.49. The van der Waals surface area contributed by atoms with Gasteiger partial charge in [0.15, 0.2) is 6.61 Å². The first-order valence-corrected chi connectivity index (χ1v) is 5.30. The van der Waals surface area contributed by atoms with E-state index >= 15 is 0 Å². The van der Waals surface area contributed by atoms with Crippen LogP contribution in [0.4, 0.5) is 0 Å². The molecule has 2 aromatic rings. The Morgan fingerprint density at radius 3 is 2.88 bits per heavy atom. The molecule has 0 amide bonds. The topological polar surface area (TPSA) is 51.0 Å². The number of nitrogens with one attached hydrogen (secondary N) is 1. The Hall–Kier alpha value is -1.62. The first kappa shape index (κ1) is 10.9. The first-order chi connectivity index (χ1) is 7.65. The van der Waals surface area contributed by atoms with Gasteiger partial charge in [-0.25, -0.2) is 5.10 Å². The molecule has 0 aliphatic carbocycles. The van der Waals surface area contributed by atoms with Crippen molar-refractivity contribution in [3.8, 4) is 5.75 Å². The van der Waals surface area contributed by atoms with Crippen LogP contribution >= 0.6 is 12.2 Å². The molecule has 0 unspecified atom stereocenters. The summed E-state index contributed by atoms with van der Waals surface area (Å²) in [7, 11) is 0. The summed E-state index contributed by atoms with van der Waals surface area (Å²) >= 11 is 4.77. The molecule has 84 valence electrons. The van der Waals surface area contributed by atoms with Gasteiger partial charge in [0, 0.05) is 0 Å². The van der Waals surface area contributed by atoms with Crippen LogP contribution in [0.25, 0.3) is 0 Å². The number of aryl methyl sites for hydroxylation is 2. The summed E-state index contributed by atoms with van der Waals surface area (Å²) < 4.78 is 10.7. The van der Waals surface area contributed by atoms with E-state index in [0.29, 0.717) is 5.89 Å². The van der Waals surface area contributed by atoms with Gasteiger partial charge in [0.05, 0.1) is 0 Å². The molecule has 5 heteroatoms. The lowest BCUT2D eigenvalue weighted by molar-refractivity contribution is 0.260. The third-order valence-electron chi connectivity index (χ3n) is 2.16. The van der Waals surface area contributed by atoms with E-state index < -0.39 is 0 Å². The number of ether oxygens (including phenoxy) is 1. The number of rotatable bonds is 3. The van der Waals surface area contributed by atoms with Crippen molar-refractivity contribution in [2.24, 2.45) is 0 Å². The predicted molar refractivity (Wildman–Crippen MR) is 61.9 cm³/mol. The Labute approximate surface area is 98.3 Å². The van der Waals surface area contributed by atoms with Crippen LogP contribution < -0.4 is 4.74 Å². The highest BCUT2D eigenvalue weighted by molar-refractivity contribution is 7.71. The summed E-state index contributed by atoms with van der Waals surface area (Å²) in [5.41, 5.74) is 2.30. The van der Waals surface area contributed by atoms with Gasteiger partial charge in [-0.15, -0.1) is 5.10 Å². The lowest BCUT2D eigenvalue weighted by Crippen LogP contribution is -1.97. The molecule has 1 heterocycles. The zero-order chi connectivity index (χ0) is 11.5. The molecule has 1 N–H and O–H groups in total. The Morgan fingerprint density at radius 2 is 2.25 bits per heavy atom. The van der Waals surface area contributed by atoms with Crippen LogP contribution in [0.1, 0.15) is 17.0 Å². The first-order valence-electron chi connectivity index (χ1n) is 4.89. The van der Waals surface area contributed by atoms with Gasteiger partial charge in [0.25, 0.3) is 10.7 Å². The van der Waals surface area contributed by atoms with Crippen molar-refractivity contribution in [1.82, 2.24) is 10.2 Å². The second-order valence-electron chi connectivity index (χ2n) is 3.56. The van der Waals surface area contributed by atoms with Crippen LogP contribution in [0.2, 0.25) is 0 Å². The molecule has 1 aromatic heterocycles. The SMILES string of the molecule is Cc1ccc(OCc2n[nH]c(=S)o2)c(C)c1. The summed E-state index contributed by atoms with van der Waals surface area (Å²) in [6.45, 7) is 4.32. The van der Waals surface area contributed by atoms with Crippen molar-refractivity contribution in [3.05, 3.63) is 40.1 Å². The highest BCUT2D eigenvalue weighted by Gasteiger charge is 2.03. The third-order valence-corrected chi connectivity index (χ3v) is 2.34. The molecule has 4 nitrogen and oxygen atoms in total. The molecule has 0 atom stereocenters. The number of hydrogen-bond acceptors (Lipinski definition) is 4. The van der Waals surface area contributed by atoms with Crippen molar-refractivity contribution in [1.29, 1.82) is 0 Å². The fourth-order valence-corrected chi connectivity index (χ4v) is 1.56. The van der Waals surface area contributed by atoms with E-state index in [2.05, 4.69) is 16.3 Å². The lowest BCUT2D eigenvalue weighted by atomic mass is 10.1. The van der Waals surface area contributed by atoms with Gasteiger partial charge in [-0.05, 0) is 37.7 Å². The van der Waals surface area contributed by atoms with Crippen LogP contribution in [0.15, 0.2) is 22.6 Å². The molecule has 0 fully saturated rings. The largest absolute Gasteiger partial charge is 0.484 e. The van der Waals surface area contributed by atoms with Crippen molar-refractivity contribution in [3.63, 3.8) is 0 Å². The lowest BCUT2D eigenvalue weighted by Gasteiger charge is -2.07. The Morgan fingerprint density at radius 1 is 1.44 bits per heavy atom. The monoisotopic (exact) mass is 236 g/mol. The second-order valence-corrected chi connectivity index (χ2v) is 3.94. The maximum Gasteiger partial charge on any atom is 0.284 e. The Bertz CT molecular complexity index is 545. The molecule has 1 aromatic carbocycles. The van der Waals surface area contributed by atoms with E-state index in [1.165, 1.54) is 5.56 Å². The van der Waals surface area contributed by atoms with E-state index in [4.69, 9.17) is 21.4 Å². The van der Waals surface area contributed by atoms with E-state index in [0.717, 1.165) is 11.3 Å². The Kier molecular flexibility index (Phi) is 3.05.